The van der Waals surface area contributed by atoms with Crippen molar-refractivity contribution in [2.75, 3.05) is 46.6 Å². The maximum Gasteiger partial charge on any atom is 0.233 e. The van der Waals surface area contributed by atoms with Crippen LogP contribution in [-0.4, -0.2) is 82.1 Å². The Morgan fingerprint density at radius 2 is 1.38 bits per heavy atom. The second-order valence-corrected chi connectivity index (χ2v) is 10.3. The Kier molecular flexibility index (Phi) is 8.16. The van der Waals surface area contributed by atoms with Gasteiger partial charge in [-0.15, -0.1) is 0 Å². The van der Waals surface area contributed by atoms with Crippen molar-refractivity contribution in [2.45, 2.75) is 43.4 Å². The van der Waals surface area contributed by atoms with Crippen molar-refractivity contribution < 1.29 is 14.1 Å². The molecule has 1 aromatic carbocycles. The molecular formula is C25H34N12O3. The first kappa shape index (κ1) is 27.4. The molecule has 212 valence electrons. The highest BCUT2D eigenvalue weighted by Gasteiger charge is 2.28. The summed E-state index contributed by atoms with van der Waals surface area (Å²) in [6.45, 7) is 2.26. The topological polar surface area (TPSA) is 233 Å². The lowest BCUT2D eigenvalue weighted by Gasteiger charge is -2.37. The summed E-state index contributed by atoms with van der Waals surface area (Å²) in [5, 5.41) is 9.30. The Labute approximate surface area is 230 Å². The molecule has 5 rings (SSSR count). The van der Waals surface area contributed by atoms with E-state index in [0.717, 1.165) is 12.8 Å². The number of rotatable bonds is 8. The molecule has 2 aliphatic heterocycles. The first-order valence-corrected chi connectivity index (χ1v) is 13.1. The molecule has 2 aliphatic rings. The maximum atomic E-state index is 12.6. The minimum absolute atomic E-state index is 0.0969. The monoisotopic (exact) mass is 550 g/mol. The van der Waals surface area contributed by atoms with Gasteiger partial charge in [0.1, 0.15) is 6.26 Å². The number of aromatic nitrogens is 4. The lowest BCUT2D eigenvalue weighted by molar-refractivity contribution is -0.115. The molecule has 10 N–H and O–H groups in total. The minimum atomic E-state index is -0.486. The number of benzene rings is 1. The van der Waals surface area contributed by atoms with Crippen LogP contribution >= 0.6 is 0 Å². The number of carbonyl (C=O) groups is 2. The molecule has 15 nitrogen and oxygen atoms in total. The Morgan fingerprint density at radius 3 is 1.88 bits per heavy atom. The second kappa shape index (κ2) is 11.9. The molecular weight excluding hydrogens is 516 g/mol. The molecule has 2 aromatic heterocycles. The summed E-state index contributed by atoms with van der Waals surface area (Å²) in [5.41, 5.74) is 25.9. The first-order chi connectivity index (χ1) is 19.2. The van der Waals surface area contributed by atoms with Gasteiger partial charge in [-0.05, 0) is 37.1 Å². The molecule has 0 saturated carbocycles. The lowest BCUT2D eigenvalue weighted by atomic mass is 10.0. The van der Waals surface area contributed by atoms with E-state index in [1.807, 2.05) is 9.80 Å². The molecule has 1 amide bonds. The average molecular weight is 551 g/mol. The Bertz CT molecular complexity index is 1250. The van der Waals surface area contributed by atoms with Crippen LogP contribution in [0.25, 0.3) is 0 Å². The van der Waals surface area contributed by atoms with Crippen LogP contribution in [0.5, 0.6) is 0 Å². The Hall–Kier alpha value is -4.18. The molecule has 3 aromatic rings. The highest BCUT2D eigenvalue weighted by Crippen LogP contribution is 2.24. The van der Waals surface area contributed by atoms with Crippen molar-refractivity contribution in [3.8, 4) is 0 Å². The zero-order valence-corrected chi connectivity index (χ0v) is 21.9. The van der Waals surface area contributed by atoms with E-state index in [1.54, 1.807) is 24.3 Å². The number of Topliss-reactive ketones (excluding diaryl/α,β-unsaturated/α-hetero) is 1. The summed E-state index contributed by atoms with van der Waals surface area (Å²) in [5.74, 6) is 0.641. The number of nitrogens with zero attached hydrogens (tertiary/aromatic N) is 6. The fourth-order valence-electron chi connectivity index (χ4n) is 4.96. The summed E-state index contributed by atoms with van der Waals surface area (Å²) in [4.78, 5) is 42.7. The van der Waals surface area contributed by atoms with E-state index in [9.17, 15) is 9.59 Å². The van der Waals surface area contributed by atoms with Gasteiger partial charge in [-0.25, -0.2) is 0 Å². The van der Waals surface area contributed by atoms with Gasteiger partial charge in [-0.2, -0.15) is 15.0 Å². The standard InChI is InChI=1S/C25H34N12O3/c26-15-7-16(27)11-36(10-15)24-32-23(33-25(34-24)37-12-17(28)8-18(29)13-37)30-19-3-1-14(2-4-19)20(38)9-22(39)31-21-5-6-40-35-21/h1-6,15-18H,7-13,26-29H2,(H,31,35,39)(H,30,32,33,34). The molecule has 4 heterocycles. The van der Waals surface area contributed by atoms with E-state index < -0.39 is 5.91 Å². The third kappa shape index (κ3) is 6.87. The van der Waals surface area contributed by atoms with Crippen LogP contribution < -0.4 is 43.4 Å². The van der Waals surface area contributed by atoms with Gasteiger partial charge in [0.25, 0.3) is 0 Å². The van der Waals surface area contributed by atoms with Gasteiger partial charge >= 0.3 is 0 Å². The number of piperidine rings is 2. The molecule has 0 spiro atoms. The van der Waals surface area contributed by atoms with Gasteiger partial charge in [0.2, 0.25) is 23.8 Å². The highest BCUT2D eigenvalue weighted by molar-refractivity contribution is 6.10. The zero-order valence-electron chi connectivity index (χ0n) is 21.9. The van der Waals surface area contributed by atoms with Gasteiger partial charge in [-0.3, -0.25) is 9.59 Å². The quantitative estimate of drug-likeness (QED) is 0.154. The summed E-state index contributed by atoms with van der Waals surface area (Å²) in [7, 11) is 0. The normalized spacial score (nSPS) is 23.1. The van der Waals surface area contributed by atoms with Crippen LogP contribution in [-0.2, 0) is 4.79 Å². The molecule has 0 bridgehead atoms. The van der Waals surface area contributed by atoms with Crippen molar-refractivity contribution in [3.63, 3.8) is 0 Å². The molecule has 4 atom stereocenters. The highest BCUT2D eigenvalue weighted by atomic mass is 16.5. The third-order valence-corrected chi connectivity index (χ3v) is 6.70. The van der Waals surface area contributed by atoms with Gasteiger partial charge in [0.05, 0.1) is 6.42 Å². The van der Waals surface area contributed by atoms with E-state index in [-0.39, 0.29) is 42.2 Å². The van der Waals surface area contributed by atoms with Crippen molar-refractivity contribution in [1.82, 2.24) is 20.1 Å². The largest absolute Gasteiger partial charge is 0.363 e. The number of nitrogens with two attached hydrogens (primary N) is 4. The molecule has 0 aliphatic carbocycles. The molecule has 0 radical (unpaired) electrons. The Balaban J connectivity index is 1.33. The van der Waals surface area contributed by atoms with Crippen LogP contribution in [0.1, 0.15) is 29.6 Å². The summed E-state index contributed by atoms with van der Waals surface area (Å²) >= 11 is 0. The summed E-state index contributed by atoms with van der Waals surface area (Å²) < 4.78 is 4.67. The van der Waals surface area contributed by atoms with Crippen LogP contribution in [0, 0.1) is 0 Å². The summed E-state index contributed by atoms with van der Waals surface area (Å²) in [6.07, 6.45) is 2.44. The van der Waals surface area contributed by atoms with Gasteiger partial charge in [0.15, 0.2) is 11.6 Å². The molecule has 4 unspecified atom stereocenters. The third-order valence-electron chi connectivity index (χ3n) is 6.70. The lowest BCUT2D eigenvalue weighted by Crippen LogP contribution is -2.54. The number of ketones is 1. The first-order valence-electron chi connectivity index (χ1n) is 13.1. The van der Waals surface area contributed by atoms with Gasteiger partial charge < -0.3 is 47.9 Å². The van der Waals surface area contributed by atoms with E-state index >= 15 is 0 Å². The molecule has 2 saturated heterocycles. The molecule has 2 fully saturated rings. The van der Waals surface area contributed by atoms with Crippen LogP contribution in [0.2, 0.25) is 0 Å². The van der Waals surface area contributed by atoms with Gasteiger partial charge in [-0.1, -0.05) is 5.16 Å². The van der Waals surface area contributed by atoms with Crippen LogP contribution in [0.3, 0.4) is 0 Å². The molecule has 40 heavy (non-hydrogen) atoms. The van der Waals surface area contributed by atoms with Crippen molar-refractivity contribution in [2.24, 2.45) is 22.9 Å². The van der Waals surface area contributed by atoms with Crippen molar-refractivity contribution in [1.29, 1.82) is 0 Å². The van der Waals surface area contributed by atoms with Crippen molar-refractivity contribution in [3.05, 3.63) is 42.2 Å². The van der Waals surface area contributed by atoms with Crippen LogP contribution in [0.4, 0.5) is 29.4 Å². The van der Waals surface area contributed by atoms with E-state index in [0.29, 0.717) is 55.3 Å². The fourth-order valence-corrected chi connectivity index (χ4v) is 4.96. The number of hydrogen-bond acceptors (Lipinski definition) is 14. The molecule has 15 heteroatoms. The van der Waals surface area contributed by atoms with Gasteiger partial charge in [0, 0.05) is 67.7 Å². The minimum Gasteiger partial charge on any atom is -0.363 e. The number of hydrogen-bond donors (Lipinski definition) is 6. The second-order valence-electron chi connectivity index (χ2n) is 10.3. The predicted molar refractivity (Wildman–Crippen MR) is 149 cm³/mol. The van der Waals surface area contributed by atoms with E-state index in [2.05, 4.69) is 30.3 Å². The fraction of sp³-hybridized carbons (Fsp3) is 0.440. The number of anilines is 5. The number of nitrogens with one attached hydrogen (secondary N) is 2. The SMILES string of the molecule is NC1CC(N)CN(c2nc(Nc3ccc(C(=O)CC(=O)Nc4ccon4)cc3)nc(N3CC(N)CC(N)C3)n2)C1. The van der Waals surface area contributed by atoms with E-state index in [1.165, 1.54) is 12.3 Å². The zero-order chi connectivity index (χ0) is 28.2. The smallest absolute Gasteiger partial charge is 0.233 e. The number of amides is 1. The van der Waals surface area contributed by atoms with Crippen molar-refractivity contribution >= 4 is 41.0 Å². The average Bonchev–Trinajstić information content (AvgIpc) is 3.40. The van der Waals surface area contributed by atoms with E-state index in [4.69, 9.17) is 27.9 Å². The maximum absolute atomic E-state index is 12.6. The summed E-state index contributed by atoms with van der Waals surface area (Å²) in [6, 6.07) is 7.78. The predicted octanol–water partition coefficient (Wildman–Crippen LogP) is -0.456. The van der Waals surface area contributed by atoms with Crippen LogP contribution in [0.15, 0.2) is 41.1 Å². The number of carbonyl (C=O) groups excluding carboxylic acids is 2. The Morgan fingerprint density at radius 1 is 0.825 bits per heavy atom.